The molecule has 2 aromatic rings. The Kier molecular flexibility index (Phi) is 3.99. The molecule has 0 radical (unpaired) electrons. The van der Waals surface area contributed by atoms with Crippen LogP contribution in [0.2, 0.25) is 10.0 Å². The molecule has 1 fully saturated rings. The van der Waals surface area contributed by atoms with Crippen molar-refractivity contribution in [3.05, 3.63) is 52.8 Å². The van der Waals surface area contributed by atoms with E-state index in [1.54, 1.807) is 6.20 Å². The maximum Gasteiger partial charge on any atom is 0.0612 e. The molecule has 0 atom stereocenters. The van der Waals surface area contributed by atoms with E-state index < -0.39 is 0 Å². The van der Waals surface area contributed by atoms with Crippen molar-refractivity contribution in [1.29, 1.82) is 0 Å². The standard InChI is InChI=1S/C15H15Cl2N3/c16-14-4-3-12(10-15(14)17)19-6-8-20(9-7-19)13-2-1-5-18-11-13/h1-5,10-11H,6-9H2. The van der Waals surface area contributed by atoms with Crippen LogP contribution in [0.5, 0.6) is 0 Å². The zero-order valence-corrected chi connectivity index (χ0v) is 12.5. The van der Waals surface area contributed by atoms with Gasteiger partial charge in [0.25, 0.3) is 0 Å². The number of halogens is 2. The minimum Gasteiger partial charge on any atom is -0.368 e. The van der Waals surface area contributed by atoms with Gasteiger partial charge < -0.3 is 9.80 Å². The number of rotatable bonds is 2. The Morgan fingerprint density at radius 1 is 0.850 bits per heavy atom. The van der Waals surface area contributed by atoms with E-state index in [4.69, 9.17) is 23.2 Å². The highest BCUT2D eigenvalue weighted by atomic mass is 35.5. The summed E-state index contributed by atoms with van der Waals surface area (Å²) in [5.74, 6) is 0. The minimum absolute atomic E-state index is 0.601. The van der Waals surface area contributed by atoms with Gasteiger partial charge in [0.2, 0.25) is 0 Å². The molecule has 20 heavy (non-hydrogen) atoms. The second kappa shape index (κ2) is 5.90. The number of pyridine rings is 1. The maximum absolute atomic E-state index is 6.08. The van der Waals surface area contributed by atoms with Crippen LogP contribution in [-0.2, 0) is 0 Å². The summed E-state index contributed by atoms with van der Waals surface area (Å²) in [6.45, 7) is 3.89. The number of benzene rings is 1. The molecule has 104 valence electrons. The monoisotopic (exact) mass is 307 g/mol. The van der Waals surface area contributed by atoms with Crippen LogP contribution in [0.4, 0.5) is 11.4 Å². The van der Waals surface area contributed by atoms with Gasteiger partial charge in [-0.3, -0.25) is 4.98 Å². The first-order chi connectivity index (χ1) is 9.74. The summed E-state index contributed by atoms with van der Waals surface area (Å²) in [7, 11) is 0. The highest BCUT2D eigenvalue weighted by Crippen LogP contribution is 2.28. The Morgan fingerprint density at radius 3 is 2.15 bits per heavy atom. The van der Waals surface area contributed by atoms with E-state index in [0.29, 0.717) is 10.0 Å². The summed E-state index contributed by atoms with van der Waals surface area (Å²) >= 11 is 12.0. The van der Waals surface area contributed by atoms with Gasteiger partial charge >= 0.3 is 0 Å². The summed E-state index contributed by atoms with van der Waals surface area (Å²) in [5.41, 5.74) is 2.31. The summed E-state index contributed by atoms with van der Waals surface area (Å²) in [6, 6.07) is 9.88. The van der Waals surface area contributed by atoms with Crippen molar-refractivity contribution in [2.45, 2.75) is 0 Å². The molecule has 3 nitrogen and oxygen atoms in total. The molecule has 0 unspecified atom stereocenters. The second-order valence-electron chi connectivity index (χ2n) is 4.78. The van der Waals surface area contributed by atoms with Crippen LogP contribution >= 0.6 is 23.2 Å². The van der Waals surface area contributed by atoms with E-state index in [1.165, 1.54) is 5.69 Å². The van der Waals surface area contributed by atoms with Crippen molar-refractivity contribution in [2.75, 3.05) is 36.0 Å². The van der Waals surface area contributed by atoms with Gasteiger partial charge in [0.05, 0.1) is 21.9 Å². The van der Waals surface area contributed by atoms with Crippen LogP contribution in [-0.4, -0.2) is 31.2 Å². The first kappa shape index (κ1) is 13.5. The van der Waals surface area contributed by atoms with E-state index in [2.05, 4.69) is 20.9 Å². The summed E-state index contributed by atoms with van der Waals surface area (Å²) in [6.07, 6.45) is 3.71. The van der Waals surface area contributed by atoms with Crippen molar-refractivity contribution >= 4 is 34.6 Å². The quantitative estimate of drug-likeness (QED) is 0.843. The molecule has 1 aliphatic heterocycles. The van der Waals surface area contributed by atoms with Gasteiger partial charge in [0.15, 0.2) is 0 Å². The molecule has 5 heteroatoms. The highest BCUT2D eigenvalue weighted by Gasteiger charge is 2.18. The maximum atomic E-state index is 6.08. The molecule has 2 heterocycles. The average molecular weight is 308 g/mol. The normalized spacial score (nSPS) is 15.5. The lowest BCUT2D eigenvalue weighted by Crippen LogP contribution is -2.46. The van der Waals surface area contributed by atoms with Crippen LogP contribution in [0.1, 0.15) is 0 Å². The predicted octanol–water partition coefficient (Wildman–Crippen LogP) is 3.72. The van der Waals surface area contributed by atoms with E-state index >= 15 is 0 Å². The van der Waals surface area contributed by atoms with Crippen LogP contribution in [0.15, 0.2) is 42.7 Å². The molecule has 1 aliphatic rings. The van der Waals surface area contributed by atoms with Crippen LogP contribution in [0, 0.1) is 0 Å². The zero-order valence-electron chi connectivity index (χ0n) is 11.0. The molecule has 0 bridgehead atoms. The SMILES string of the molecule is Clc1ccc(N2CCN(c3cccnc3)CC2)cc1Cl. The second-order valence-corrected chi connectivity index (χ2v) is 5.60. The third-order valence-electron chi connectivity index (χ3n) is 3.56. The molecule has 0 amide bonds. The van der Waals surface area contributed by atoms with Crippen molar-refractivity contribution < 1.29 is 0 Å². The van der Waals surface area contributed by atoms with E-state index in [-0.39, 0.29) is 0 Å². The lowest BCUT2D eigenvalue weighted by atomic mass is 10.2. The smallest absolute Gasteiger partial charge is 0.0612 e. The van der Waals surface area contributed by atoms with Crippen LogP contribution in [0.25, 0.3) is 0 Å². The number of hydrogen-bond acceptors (Lipinski definition) is 3. The largest absolute Gasteiger partial charge is 0.368 e. The fourth-order valence-corrected chi connectivity index (χ4v) is 2.74. The van der Waals surface area contributed by atoms with Gasteiger partial charge in [-0.2, -0.15) is 0 Å². The molecular weight excluding hydrogens is 293 g/mol. The molecule has 0 saturated carbocycles. The van der Waals surface area contributed by atoms with Gasteiger partial charge in [0, 0.05) is 38.1 Å². The van der Waals surface area contributed by atoms with Gasteiger partial charge in [-0.05, 0) is 30.3 Å². The Morgan fingerprint density at radius 2 is 1.55 bits per heavy atom. The average Bonchev–Trinajstić information content (AvgIpc) is 2.51. The summed E-state index contributed by atoms with van der Waals surface area (Å²) in [4.78, 5) is 8.85. The molecule has 1 aromatic heterocycles. The Balaban J connectivity index is 1.68. The fourth-order valence-electron chi connectivity index (χ4n) is 2.45. The molecular formula is C15H15Cl2N3. The third-order valence-corrected chi connectivity index (χ3v) is 4.30. The van der Waals surface area contributed by atoms with Crippen molar-refractivity contribution in [3.63, 3.8) is 0 Å². The molecule has 0 spiro atoms. The fraction of sp³-hybridized carbons (Fsp3) is 0.267. The van der Waals surface area contributed by atoms with Crippen molar-refractivity contribution in [1.82, 2.24) is 4.98 Å². The Hall–Kier alpha value is -1.45. The molecule has 0 N–H and O–H groups in total. The van der Waals surface area contributed by atoms with Gasteiger partial charge in [-0.15, -0.1) is 0 Å². The Labute approximate surface area is 128 Å². The number of nitrogens with zero attached hydrogens (tertiary/aromatic N) is 3. The topological polar surface area (TPSA) is 19.4 Å². The first-order valence-corrected chi connectivity index (χ1v) is 7.34. The number of anilines is 2. The molecule has 1 saturated heterocycles. The van der Waals surface area contributed by atoms with Crippen LogP contribution < -0.4 is 9.80 Å². The number of hydrogen-bond donors (Lipinski definition) is 0. The van der Waals surface area contributed by atoms with E-state index in [0.717, 1.165) is 31.9 Å². The lowest BCUT2D eigenvalue weighted by Gasteiger charge is -2.37. The number of aromatic nitrogens is 1. The summed E-state index contributed by atoms with van der Waals surface area (Å²) in [5, 5.41) is 1.21. The van der Waals surface area contributed by atoms with Crippen LogP contribution in [0.3, 0.4) is 0 Å². The summed E-state index contributed by atoms with van der Waals surface area (Å²) < 4.78 is 0. The molecule has 0 aliphatic carbocycles. The highest BCUT2D eigenvalue weighted by molar-refractivity contribution is 6.42. The van der Waals surface area contributed by atoms with E-state index in [9.17, 15) is 0 Å². The first-order valence-electron chi connectivity index (χ1n) is 6.59. The Bertz CT molecular complexity index is 581. The zero-order chi connectivity index (χ0) is 13.9. The van der Waals surface area contributed by atoms with Crippen molar-refractivity contribution in [3.8, 4) is 0 Å². The molecule has 1 aromatic carbocycles. The molecule has 3 rings (SSSR count). The lowest BCUT2D eigenvalue weighted by molar-refractivity contribution is 0.653. The van der Waals surface area contributed by atoms with E-state index in [1.807, 2.05) is 30.5 Å². The predicted molar refractivity (Wildman–Crippen MR) is 85.1 cm³/mol. The minimum atomic E-state index is 0.601. The van der Waals surface area contributed by atoms with Crippen molar-refractivity contribution in [2.24, 2.45) is 0 Å². The number of piperazine rings is 1. The third kappa shape index (κ3) is 2.84. The van der Waals surface area contributed by atoms with Gasteiger partial charge in [-0.25, -0.2) is 0 Å². The van der Waals surface area contributed by atoms with Gasteiger partial charge in [0.1, 0.15) is 0 Å². The van der Waals surface area contributed by atoms with Gasteiger partial charge in [-0.1, -0.05) is 23.2 Å².